The Hall–Kier alpha value is -2.69. The lowest BCUT2D eigenvalue weighted by Crippen LogP contribution is -2.19. The topological polar surface area (TPSA) is 43.4 Å². The van der Waals surface area contributed by atoms with Crippen molar-refractivity contribution in [3.63, 3.8) is 0 Å². The second-order valence-corrected chi connectivity index (χ2v) is 9.88. The number of benzene rings is 2. The van der Waals surface area contributed by atoms with E-state index in [2.05, 4.69) is 89.3 Å². The van der Waals surface area contributed by atoms with E-state index in [1.807, 2.05) is 0 Å². The monoisotopic (exact) mass is 488 g/mol. The Labute approximate surface area is 218 Å². The van der Waals surface area contributed by atoms with E-state index in [0.29, 0.717) is 12.5 Å². The molecule has 0 aliphatic carbocycles. The molecule has 3 rings (SSSR count). The van der Waals surface area contributed by atoms with Gasteiger partial charge in [0.2, 0.25) is 0 Å². The van der Waals surface area contributed by atoms with Gasteiger partial charge in [-0.1, -0.05) is 58.0 Å². The number of nitrogens with zero attached hydrogens (tertiary/aromatic N) is 1. The van der Waals surface area contributed by atoms with Crippen LogP contribution in [0, 0.1) is 13.8 Å². The second-order valence-electron chi connectivity index (χ2n) is 9.88. The molecule has 0 aliphatic heterocycles. The predicted octanol–water partition coefficient (Wildman–Crippen LogP) is 7.32. The fourth-order valence-electron chi connectivity index (χ4n) is 4.67. The number of nitrogens with one attached hydrogen (secondary N) is 1. The first-order valence-electron chi connectivity index (χ1n) is 13.4. The molecule has 0 saturated heterocycles. The molecule has 0 fully saturated rings. The van der Waals surface area contributed by atoms with E-state index < -0.39 is 0 Å². The van der Waals surface area contributed by atoms with E-state index in [1.54, 1.807) is 7.11 Å². The van der Waals surface area contributed by atoms with Gasteiger partial charge in [0.1, 0.15) is 12.4 Å². The van der Waals surface area contributed by atoms with Gasteiger partial charge in [0.25, 0.3) is 0 Å². The number of ether oxygens (including phenoxy) is 2. The normalized spacial score (nSPS) is 11.3. The van der Waals surface area contributed by atoms with Gasteiger partial charge < -0.3 is 14.8 Å². The van der Waals surface area contributed by atoms with Crippen molar-refractivity contribution >= 4 is 0 Å². The standard InChI is InChI=1S/C32H44N2O2/c1-8-25-12-10-13-26(9-2)32(25)30-18-28(20-33-16-11-17-35-7)29(24(6)34-30)21-36-31-19-27(22(3)4)15-14-23(31)5/h10,12-15,18-19,22,33H,8-9,11,16-17,20-21H2,1-7H3. The number of aromatic nitrogens is 1. The maximum absolute atomic E-state index is 6.43. The summed E-state index contributed by atoms with van der Waals surface area (Å²) in [5.41, 5.74) is 11.0. The van der Waals surface area contributed by atoms with Crippen molar-refractivity contribution in [2.45, 2.75) is 79.9 Å². The van der Waals surface area contributed by atoms with Crippen LogP contribution >= 0.6 is 0 Å². The minimum Gasteiger partial charge on any atom is -0.489 e. The minimum atomic E-state index is 0.467. The summed E-state index contributed by atoms with van der Waals surface area (Å²) in [6.07, 6.45) is 2.97. The number of methoxy groups -OCH3 is 1. The zero-order valence-corrected chi connectivity index (χ0v) is 23.3. The van der Waals surface area contributed by atoms with Crippen LogP contribution in [0.5, 0.6) is 5.75 Å². The van der Waals surface area contributed by atoms with Gasteiger partial charge in [-0.05, 0) is 85.5 Å². The third-order valence-electron chi connectivity index (χ3n) is 6.95. The van der Waals surface area contributed by atoms with E-state index in [1.165, 1.54) is 33.4 Å². The molecule has 0 unspecified atom stereocenters. The van der Waals surface area contributed by atoms with Crippen LogP contribution in [0.25, 0.3) is 11.3 Å². The Morgan fingerprint density at radius 3 is 2.31 bits per heavy atom. The summed E-state index contributed by atoms with van der Waals surface area (Å²) in [4.78, 5) is 5.13. The zero-order valence-electron chi connectivity index (χ0n) is 23.3. The van der Waals surface area contributed by atoms with Crippen molar-refractivity contribution in [2.24, 2.45) is 0 Å². The molecule has 1 N–H and O–H groups in total. The van der Waals surface area contributed by atoms with Gasteiger partial charge in [-0.3, -0.25) is 4.98 Å². The summed E-state index contributed by atoms with van der Waals surface area (Å²) in [5, 5.41) is 3.61. The average Bonchev–Trinajstić information content (AvgIpc) is 2.87. The smallest absolute Gasteiger partial charge is 0.123 e. The number of hydrogen-bond acceptors (Lipinski definition) is 4. The molecular formula is C32H44N2O2. The molecule has 0 radical (unpaired) electrons. The fraction of sp³-hybridized carbons (Fsp3) is 0.469. The first-order chi connectivity index (χ1) is 17.4. The number of aryl methyl sites for hydroxylation is 4. The highest BCUT2D eigenvalue weighted by Crippen LogP contribution is 2.31. The molecule has 0 amide bonds. The third kappa shape index (κ3) is 6.96. The van der Waals surface area contributed by atoms with Crippen molar-refractivity contribution in [3.05, 3.63) is 81.5 Å². The van der Waals surface area contributed by atoms with Gasteiger partial charge in [-0.2, -0.15) is 0 Å². The highest BCUT2D eigenvalue weighted by molar-refractivity contribution is 5.69. The van der Waals surface area contributed by atoms with Crippen LogP contribution < -0.4 is 10.1 Å². The maximum atomic E-state index is 6.43. The summed E-state index contributed by atoms with van der Waals surface area (Å²) in [7, 11) is 1.75. The molecule has 2 aromatic carbocycles. The molecule has 0 bridgehead atoms. The fourth-order valence-corrected chi connectivity index (χ4v) is 4.67. The lowest BCUT2D eigenvalue weighted by molar-refractivity contribution is 0.194. The lowest BCUT2D eigenvalue weighted by atomic mass is 9.93. The summed E-state index contributed by atoms with van der Waals surface area (Å²) in [5.74, 6) is 1.42. The van der Waals surface area contributed by atoms with E-state index in [4.69, 9.17) is 14.5 Å². The Morgan fingerprint density at radius 2 is 1.67 bits per heavy atom. The van der Waals surface area contributed by atoms with Gasteiger partial charge in [0.15, 0.2) is 0 Å². The largest absolute Gasteiger partial charge is 0.489 e. The molecule has 1 aromatic heterocycles. The van der Waals surface area contributed by atoms with E-state index in [-0.39, 0.29) is 0 Å². The second kappa shape index (κ2) is 13.6. The van der Waals surface area contributed by atoms with Crippen LogP contribution in [0.3, 0.4) is 0 Å². The highest BCUT2D eigenvalue weighted by atomic mass is 16.5. The number of hydrogen-bond donors (Lipinski definition) is 1. The van der Waals surface area contributed by atoms with Crippen LogP contribution in [0.15, 0.2) is 42.5 Å². The number of rotatable bonds is 13. The van der Waals surface area contributed by atoms with Gasteiger partial charge in [-0.25, -0.2) is 0 Å². The van der Waals surface area contributed by atoms with Crippen molar-refractivity contribution < 1.29 is 9.47 Å². The molecule has 0 saturated carbocycles. The Kier molecular flexibility index (Phi) is 10.5. The Bertz CT molecular complexity index is 1110. The molecule has 1 heterocycles. The lowest BCUT2D eigenvalue weighted by Gasteiger charge is -2.19. The molecule has 0 spiro atoms. The van der Waals surface area contributed by atoms with Gasteiger partial charge >= 0.3 is 0 Å². The van der Waals surface area contributed by atoms with Gasteiger partial charge in [-0.15, -0.1) is 0 Å². The molecule has 4 heteroatoms. The molecule has 36 heavy (non-hydrogen) atoms. The molecule has 194 valence electrons. The Balaban J connectivity index is 1.97. The first kappa shape index (κ1) is 27.9. The van der Waals surface area contributed by atoms with Crippen molar-refractivity contribution in [2.75, 3.05) is 20.3 Å². The van der Waals surface area contributed by atoms with Crippen LogP contribution in [0.2, 0.25) is 0 Å². The SMILES string of the molecule is CCc1cccc(CC)c1-c1cc(CNCCCOC)c(COc2cc(C(C)C)ccc2C)c(C)n1. The van der Waals surface area contributed by atoms with E-state index in [9.17, 15) is 0 Å². The van der Waals surface area contributed by atoms with Gasteiger partial charge in [0.05, 0.1) is 5.69 Å². The summed E-state index contributed by atoms with van der Waals surface area (Å²) >= 11 is 0. The van der Waals surface area contributed by atoms with Crippen molar-refractivity contribution in [1.29, 1.82) is 0 Å². The molecule has 0 aliphatic rings. The molecule has 3 aromatic rings. The summed E-state index contributed by atoms with van der Waals surface area (Å²) in [6.45, 7) is 16.1. The van der Waals surface area contributed by atoms with Crippen LogP contribution in [-0.4, -0.2) is 25.2 Å². The minimum absolute atomic E-state index is 0.467. The van der Waals surface area contributed by atoms with Crippen molar-refractivity contribution in [1.82, 2.24) is 10.3 Å². The van der Waals surface area contributed by atoms with Gasteiger partial charge in [0, 0.05) is 37.1 Å². The molecule has 0 atom stereocenters. The highest BCUT2D eigenvalue weighted by Gasteiger charge is 2.16. The van der Waals surface area contributed by atoms with Crippen molar-refractivity contribution in [3.8, 4) is 17.0 Å². The van der Waals surface area contributed by atoms with Crippen LogP contribution in [-0.2, 0) is 30.7 Å². The zero-order chi connectivity index (χ0) is 26.1. The predicted molar refractivity (Wildman–Crippen MR) is 151 cm³/mol. The third-order valence-corrected chi connectivity index (χ3v) is 6.95. The quantitative estimate of drug-likeness (QED) is 0.256. The molecule has 4 nitrogen and oxygen atoms in total. The average molecular weight is 489 g/mol. The first-order valence-corrected chi connectivity index (χ1v) is 13.4. The van der Waals surface area contributed by atoms with Crippen LogP contribution in [0.4, 0.5) is 0 Å². The molecular weight excluding hydrogens is 444 g/mol. The summed E-state index contributed by atoms with van der Waals surface area (Å²) < 4.78 is 11.6. The van der Waals surface area contributed by atoms with E-state index in [0.717, 1.165) is 61.7 Å². The summed E-state index contributed by atoms with van der Waals surface area (Å²) in [6, 6.07) is 15.4. The maximum Gasteiger partial charge on any atom is 0.123 e. The number of pyridine rings is 1. The Morgan fingerprint density at radius 1 is 0.944 bits per heavy atom. The van der Waals surface area contributed by atoms with E-state index >= 15 is 0 Å². The van der Waals surface area contributed by atoms with Crippen LogP contribution in [0.1, 0.15) is 79.1 Å².